The summed E-state index contributed by atoms with van der Waals surface area (Å²) in [7, 11) is 0. The van der Waals surface area contributed by atoms with Crippen LogP contribution in [-0.4, -0.2) is 17.8 Å². The molecule has 0 aliphatic rings. The molecule has 1 atom stereocenters. The average Bonchev–Trinajstić information content (AvgIpc) is 2.02. The molecule has 0 N–H and O–H groups in total. The predicted molar refractivity (Wildman–Crippen MR) is 58.2 cm³/mol. The molecule has 2 nitrogen and oxygen atoms in total. The molecule has 0 amide bonds. The van der Waals surface area contributed by atoms with Gasteiger partial charge in [-0.3, -0.25) is 4.79 Å². The molecule has 0 spiro atoms. The molecule has 0 radical (unpaired) electrons. The number of rotatable bonds is 7. The third kappa shape index (κ3) is 9.74. The normalized spacial score (nSPS) is 12.5. The van der Waals surface area contributed by atoms with Crippen molar-refractivity contribution < 1.29 is 9.53 Å². The molecule has 0 saturated heterocycles. The second kappa shape index (κ2) is 8.42. The minimum atomic E-state index is -0.126. The van der Waals surface area contributed by atoms with E-state index in [0.29, 0.717) is 13.0 Å². The molecule has 1 unspecified atom stereocenters. The van der Waals surface area contributed by atoms with Crippen molar-refractivity contribution in [2.45, 2.75) is 51.2 Å². The summed E-state index contributed by atoms with van der Waals surface area (Å²) in [6, 6.07) is 0. The van der Waals surface area contributed by atoms with Gasteiger partial charge in [-0.25, -0.2) is 0 Å². The molecule has 0 aliphatic carbocycles. The lowest BCUT2D eigenvalue weighted by Crippen LogP contribution is -2.10. The van der Waals surface area contributed by atoms with E-state index in [1.165, 1.54) is 12.8 Å². The number of esters is 1. The van der Waals surface area contributed by atoms with Gasteiger partial charge in [-0.1, -0.05) is 33.1 Å². The summed E-state index contributed by atoms with van der Waals surface area (Å²) >= 11 is 4.12. The molecule has 0 heterocycles. The maximum atomic E-state index is 11.0. The van der Waals surface area contributed by atoms with Crippen LogP contribution in [0.5, 0.6) is 0 Å². The standard InChI is InChI=1S/C10H20O2S/c1-3-4-5-6-7-12-10(11)8-9(2)13/h9,13H,3-8H2,1-2H3. The van der Waals surface area contributed by atoms with E-state index in [1.54, 1.807) is 0 Å². The Hall–Kier alpha value is -0.180. The molecule has 78 valence electrons. The average molecular weight is 204 g/mol. The van der Waals surface area contributed by atoms with Crippen LogP contribution in [0.15, 0.2) is 0 Å². The molecule has 13 heavy (non-hydrogen) atoms. The summed E-state index contributed by atoms with van der Waals surface area (Å²) in [5.41, 5.74) is 0. The van der Waals surface area contributed by atoms with Gasteiger partial charge in [-0.2, -0.15) is 12.6 Å². The van der Waals surface area contributed by atoms with Gasteiger partial charge >= 0.3 is 5.97 Å². The third-order valence-electron chi connectivity index (χ3n) is 1.72. The van der Waals surface area contributed by atoms with Crippen molar-refractivity contribution in [3.05, 3.63) is 0 Å². The molecular weight excluding hydrogens is 184 g/mol. The van der Waals surface area contributed by atoms with Crippen molar-refractivity contribution in [1.82, 2.24) is 0 Å². The monoisotopic (exact) mass is 204 g/mol. The fraction of sp³-hybridized carbons (Fsp3) is 0.900. The van der Waals surface area contributed by atoms with Crippen LogP contribution >= 0.6 is 12.6 Å². The lowest BCUT2D eigenvalue weighted by molar-refractivity contribution is -0.143. The maximum Gasteiger partial charge on any atom is 0.306 e. The molecule has 0 saturated carbocycles. The Morgan fingerprint density at radius 2 is 2.08 bits per heavy atom. The van der Waals surface area contributed by atoms with Crippen molar-refractivity contribution in [2.75, 3.05) is 6.61 Å². The van der Waals surface area contributed by atoms with Crippen molar-refractivity contribution in [2.24, 2.45) is 0 Å². The SMILES string of the molecule is CCCCCCOC(=O)CC(C)S. The third-order valence-corrected chi connectivity index (χ3v) is 1.91. The zero-order valence-electron chi connectivity index (χ0n) is 8.58. The van der Waals surface area contributed by atoms with Crippen LogP contribution in [0.25, 0.3) is 0 Å². The molecule has 0 aliphatic heterocycles. The highest BCUT2D eigenvalue weighted by Crippen LogP contribution is 2.03. The van der Waals surface area contributed by atoms with Gasteiger partial charge in [0.1, 0.15) is 0 Å². The van der Waals surface area contributed by atoms with Gasteiger partial charge in [0.2, 0.25) is 0 Å². The molecule has 0 aromatic carbocycles. The second-order valence-electron chi connectivity index (χ2n) is 3.33. The van der Waals surface area contributed by atoms with Gasteiger partial charge < -0.3 is 4.74 Å². The number of thiol groups is 1. The molecule has 0 bridgehead atoms. The maximum absolute atomic E-state index is 11.0. The van der Waals surface area contributed by atoms with Crippen LogP contribution in [0.1, 0.15) is 46.0 Å². The van der Waals surface area contributed by atoms with Crippen LogP contribution in [-0.2, 0) is 9.53 Å². The van der Waals surface area contributed by atoms with Gasteiger partial charge in [0.25, 0.3) is 0 Å². The summed E-state index contributed by atoms with van der Waals surface area (Å²) in [5, 5.41) is 0.100. The largest absolute Gasteiger partial charge is 0.466 e. The summed E-state index contributed by atoms with van der Waals surface area (Å²) in [6.45, 7) is 4.62. The van der Waals surface area contributed by atoms with Crippen molar-refractivity contribution in [1.29, 1.82) is 0 Å². The summed E-state index contributed by atoms with van der Waals surface area (Å²) in [5.74, 6) is -0.126. The molecule has 0 aromatic rings. The Morgan fingerprint density at radius 1 is 1.38 bits per heavy atom. The fourth-order valence-electron chi connectivity index (χ4n) is 1.01. The second-order valence-corrected chi connectivity index (χ2v) is 4.22. The van der Waals surface area contributed by atoms with Gasteiger partial charge in [0.05, 0.1) is 13.0 Å². The van der Waals surface area contributed by atoms with E-state index >= 15 is 0 Å². The number of carbonyl (C=O) groups is 1. The van der Waals surface area contributed by atoms with Crippen LogP contribution in [0.4, 0.5) is 0 Å². The van der Waals surface area contributed by atoms with E-state index < -0.39 is 0 Å². The number of unbranched alkanes of at least 4 members (excludes halogenated alkanes) is 3. The van der Waals surface area contributed by atoms with E-state index in [2.05, 4.69) is 19.6 Å². The molecule has 0 rings (SSSR count). The highest BCUT2D eigenvalue weighted by molar-refractivity contribution is 7.80. The van der Waals surface area contributed by atoms with Crippen molar-refractivity contribution in [3.63, 3.8) is 0 Å². The van der Waals surface area contributed by atoms with Crippen molar-refractivity contribution >= 4 is 18.6 Å². The molecule has 0 fully saturated rings. The first-order chi connectivity index (χ1) is 6.16. The minimum Gasteiger partial charge on any atom is -0.466 e. The quantitative estimate of drug-likeness (QED) is 0.392. The van der Waals surface area contributed by atoms with E-state index in [4.69, 9.17) is 4.74 Å². The fourth-order valence-corrected chi connectivity index (χ4v) is 1.16. The first-order valence-electron chi connectivity index (χ1n) is 5.00. The minimum absolute atomic E-state index is 0.100. The number of hydrogen-bond donors (Lipinski definition) is 1. The predicted octanol–water partition coefficient (Wildman–Crippen LogP) is 2.82. The molecule has 0 aromatic heterocycles. The van der Waals surface area contributed by atoms with E-state index in [1.807, 2.05) is 6.92 Å². The Bertz CT molecular complexity index is 135. The molecular formula is C10H20O2S. The topological polar surface area (TPSA) is 26.3 Å². The number of ether oxygens (including phenoxy) is 1. The molecule has 3 heteroatoms. The van der Waals surface area contributed by atoms with Crippen LogP contribution in [0, 0.1) is 0 Å². The first kappa shape index (κ1) is 12.8. The highest BCUT2D eigenvalue weighted by atomic mass is 32.1. The first-order valence-corrected chi connectivity index (χ1v) is 5.52. The van der Waals surface area contributed by atoms with E-state index in [0.717, 1.165) is 12.8 Å². The highest BCUT2D eigenvalue weighted by Gasteiger charge is 2.05. The van der Waals surface area contributed by atoms with Gasteiger partial charge in [0, 0.05) is 5.25 Å². The Morgan fingerprint density at radius 3 is 2.62 bits per heavy atom. The zero-order chi connectivity index (χ0) is 10.1. The van der Waals surface area contributed by atoms with E-state index in [-0.39, 0.29) is 11.2 Å². The summed E-state index contributed by atoms with van der Waals surface area (Å²) < 4.78 is 5.01. The number of hydrogen-bond acceptors (Lipinski definition) is 3. The van der Waals surface area contributed by atoms with Gasteiger partial charge in [0.15, 0.2) is 0 Å². The lowest BCUT2D eigenvalue weighted by Gasteiger charge is -2.05. The smallest absolute Gasteiger partial charge is 0.306 e. The lowest BCUT2D eigenvalue weighted by atomic mass is 10.2. The van der Waals surface area contributed by atoms with E-state index in [9.17, 15) is 4.79 Å². The zero-order valence-corrected chi connectivity index (χ0v) is 9.48. The Kier molecular flexibility index (Phi) is 8.30. The van der Waals surface area contributed by atoms with Crippen LogP contribution in [0.2, 0.25) is 0 Å². The Balaban J connectivity index is 3.17. The summed E-state index contributed by atoms with van der Waals surface area (Å²) in [4.78, 5) is 11.0. The number of carbonyl (C=O) groups excluding carboxylic acids is 1. The summed E-state index contributed by atoms with van der Waals surface area (Å²) in [6.07, 6.45) is 4.99. The van der Waals surface area contributed by atoms with Crippen LogP contribution < -0.4 is 0 Å². The van der Waals surface area contributed by atoms with Gasteiger partial charge in [-0.05, 0) is 6.42 Å². The Labute approximate surface area is 86.5 Å². The van der Waals surface area contributed by atoms with Gasteiger partial charge in [-0.15, -0.1) is 0 Å². The van der Waals surface area contributed by atoms with Crippen LogP contribution in [0.3, 0.4) is 0 Å². The van der Waals surface area contributed by atoms with Crippen molar-refractivity contribution in [3.8, 4) is 0 Å².